The zero-order chi connectivity index (χ0) is 18.4. The third-order valence-corrected chi connectivity index (χ3v) is 6.69. The molecular weight excluding hydrogens is 372 g/mol. The van der Waals surface area contributed by atoms with Gasteiger partial charge in [0.2, 0.25) is 5.13 Å². The molecule has 1 saturated heterocycles. The van der Waals surface area contributed by atoms with E-state index in [0.717, 1.165) is 35.4 Å². The van der Waals surface area contributed by atoms with E-state index >= 15 is 0 Å². The molecule has 1 aromatic heterocycles. The van der Waals surface area contributed by atoms with Gasteiger partial charge < -0.3 is 15.0 Å². The number of amides is 1. The first-order valence-corrected chi connectivity index (χ1v) is 11.1. The van der Waals surface area contributed by atoms with Crippen LogP contribution in [0.2, 0.25) is 0 Å². The highest BCUT2D eigenvalue weighted by Crippen LogP contribution is 2.28. The van der Waals surface area contributed by atoms with E-state index in [2.05, 4.69) is 15.5 Å². The molecule has 26 heavy (non-hydrogen) atoms. The quantitative estimate of drug-likeness (QED) is 0.558. The number of hydrogen-bond acceptors (Lipinski definition) is 8. The van der Waals surface area contributed by atoms with Crippen LogP contribution in [-0.2, 0) is 14.3 Å². The van der Waals surface area contributed by atoms with Crippen molar-refractivity contribution < 1.29 is 14.3 Å². The molecule has 1 saturated carbocycles. The van der Waals surface area contributed by atoms with Crippen molar-refractivity contribution in [2.75, 3.05) is 24.2 Å². The van der Waals surface area contributed by atoms with Crippen LogP contribution in [0.5, 0.6) is 0 Å². The van der Waals surface area contributed by atoms with E-state index in [1.165, 1.54) is 55.2 Å². The summed E-state index contributed by atoms with van der Waals surface area (Å²) in [4.78, 5) is 25.9. The zero-order valence-electron chi connectivity index (χ0n) is 15.1. The number of likely N-dealkylation sites (tertiary alicyclic amines) is 1. The molecule has 2 heterocycles. The second-order valence-corrected chi connectivity index (χ2v) is 9.01. The summed E-state index contributed by atoms with van der Waals surface area (Å²) in [5.74, 6) is -0.363. The van der Waals surface area contributed by atoms with Gasteiger partial charge in [0.1, 0.15) is 0 Å². The average Bonchev–Trinajstić information content (AvgIpc) is 3.32. The van der Waals surface area contributed by atoms with Gasteiger partial charge in [-0.2, -0.15) is 0 Å². The van der Waals surface area contributed by atoms with Crippen molar-refractivity contribution in [2.45, 2.75) is 68.4 Å². The molecule has 1 atom stereocenters. The average molecular weight is 399 g/mol. The molecule has 0 spiro atoms. The van der Waals surface area contributed by atoms with Crippen LogP contribution in [0, 0.1) is 0 Å². The number of hydrogen-bond donors (Lipinski definition) is 1. The second kappa shape index (κ2) is 9.55. The lowest BCUT2D eigenvalue weighted by atomic mass is 9.96. The summed E-state index contributed by atoms with van der Waals surface area (Å²) in [6.07, 6.45) is 7.52. The molecule has 0 aromatic carbocycles. The number of carbonyl (C=O) groups is 2. The van der Waals surface area contributed by atoms with Crippen LogP contribution in [0.25, 0.3) is 0 Å². The van der Waals surface area contributed by atoms with Crippen LogP contribution >= 0.6 is 23.1 Å². The number of ether oxygens (including phenoxy) is 1. The van der Waals surface area contributed by atoms with Gasteiger partial charge in [-0.25, -0.2) is 0 Å². The summed E-state index contributed by atoms with van der Waals surface area (Å²) in [5, 5.41) is 12.5. The predicted molar refractivity (Wildman–Crippen MR) is 102 cm³/mol. The molecule has 1 amide bonds. The summed E-state index contributed by atoms with van der Waals surface area (Å²) in [7, 11) is 0. The van der Waals surface area contributed by atoms with E-state index < -0.39 is 12.1 Å². The highest BCUT2D eigenvalue weighted by atomic mass is 32.2. The number of rotatable bonds is 7. The van der Waals surface area contributed by atoms with E-state index in [-0.39, 0.29) is 11.7 Å². The highest BCUT2D eigenvalue weighted by molar-refractivity contribution is 8.01. The molecule has 144 valence electrons. The second-order valence-electron chi connectivity index (χ2n) is 6.81. The third kappa shape index (κ3) is 5.57. The van der Waals surface area contributed by atoms with Gasteiger partial charge in [0.25, 0.3) is 5.91 Å². The Labute approximate surface area is 162 Å². The number of nitrogens with one attached hydrogen (secondary N) is 1. The van der Waals surface area contributed by atoms with E-state index in [1.807, 2.05) is 0 Å². The Balaban J connectivity index is 1.39. The van der Waals surface area contributed by atoms with Crippen molar-refractivity contribution in [3.8, 4) is 0 Å². The molecular formula is C17H26N4O3S2. The number of nitrogens with zero attached hydrogens (tertiary/aromatic N) is 3. The molecule has 2 aliphatic rings. The minimum atomic E-state index is -0.723. The summed E-state index contributed by atoms with van der Waals surface area (Å²) in [6, 6.07) is 0.483. The first-order valence-electron chi connectivity index (χ1n) is 9.33. The fourth-order valence-electron chi connectivity index (χ4n) is 3.34. The first-order chi connectivity index (χ1) is 12.6. The topological polar surface area (TPSA) is 84.4 Å². The molecule has 1 aromatic rings. The van der Waals surface area contributed by atoms with Crippen molar-refractivity contribution in [1.82, 2.24) is 15.1 Å². The standard InChI is InChI=1S/C17H26N4O3S2/c1-12(15(23)21-9-5-6-10-21)24-14(22)11-25-17-20-19-16(26-17)18-13-7-3-2-4-8-13/h12-13H,2-11H2,1H3,(H,18,19)/t12-/m1/s1. The molecule has 0 bridgehead atoms. The van der Waals surface area contributed by atoms with Gasteiger partial charge in [0.05, 0.1) is 5.75 Å². The lowest BCUT2D eigenvalue weighted by Gasteiger charge is -2.21. The van der Waals surface area contributed by atoms with Crippen molar-refractivity contribution in [3.05, 3.63) is 0 Å². The maximum absolute atomic E-state index is 12.2. The maximum Gasteiger partial charge on any atom is 0.317 e. The molecule has 0 unspecified atom stereocenters. The van der Waals surface area contributed by atoms with Gasteiger partial charge in [0.15, 0.2) is 10.4 Å². The number of aromatic nitrogens is 2. The Bertz CT molecular complexity index is 613. The van der Waals surface area contributed by atoms with Crippen LogP contribution in [0.4, 0.5) is 5.13 Å². The molecule has 9 heteroatoms. The Morgan fingerprint density at radius 2 is 1.96 bits per heavy atom. The van der Waals surface area contributed by atoms with Crippen LogP contribution in [0.15, 0.2) is 4.34 Å². The van der Waals surface area contributed by atoms with E-state index in [9.17, 15) is 9.59 Å². The smallest absolute Gasteiger partial charge is 0.317 e. The SMILES string of the molecule is C[C@@H](OC(=O)CSc1nnc(NC2CCCCC2)s1)C(=O)N1CCCC1. The molecule has 7 nitrogen and oxygen atoms in total. The number of esters is 1. The highest BCUT2D eigenvalue weighted by Gasteiger charge is 2.26. The number of carbonyl (C=O) groups excluding carboxylic acids is 2. The van der Waals surface area contributed by atoms with Gasteiger partial charge in [0, 0.05) is 19.1 Å². The summed E-state index contributed by atoms with van der Waals surface area (Å²) in [5.41, 5.74) is 0. The Kier molecular flexibility index (Phi) is 7.13. The summed E-state index contributed by atoms with van der Waals surface area (Å²) in [6.45, 7) is 3.16. The third-order valence-electron chi connectivity index (χ3n) is 4.73. The largest absolute Gasteiger partial charge is 0.452 e. The van der Waals surface area contributed by atoms with Crippen LogP contribution in [-0.4, -0.2) is 58.0 Å². The number of anilines is 1. The summed E-state index contributed by atoms with van der Waals surface area (Å²) < 4.78 is 6.00. The normalized spacial score (nSPS) is 19.3. The van der Waals surface area contributed by atoms with Crippen molar-refractivity contribution in [3.63, 3.8) is 0 Å². The predicted octanol–water partition coefficient (Wildman–Crippen LogP) is 2.93. The van der Waals surface area contributed by atoms with Gasteiger partial charge in [-0.1, -0.05) is 42.4 Å². The number of thioether (sulfide) groups is 1. The Hall–Kier alpha value is -1.35. The molecule has 3 rings (SSSR count). The maximum atomic E-state index is 12.2. The Morgan fingerprint density at radius 1 is 1.23 bits per heavy atom. The minimum absolute atomic E-state index is 0.101. The van der Waals surface area contributed by atoms with Gasteiger partial charge in [-0.3, -0.25) is 9.59 Å². The fraction of sp³-hybridized carbons (Fsp3) is 0.765. The molecule has 2 fully saturated rings. The van der Waals surface area contributed by atoms with Crippen LogP contribution in [0.3, 0.4) is 0 Å². The molecule has 0 radical (unpaired) electrons. The van der Waals surface area contributed by atoms with E-state index in [4.69, 9.17) is 4.74 Å². The molecule has 1 aliphatic heterocycles. The van der Waals surface area contributed by atoms with Gasteiger partial charge in [-0.05, 0) is 32.6 Å². The van der Waals surface area contributed by atoms with Gasteiger partial charge in [-0.15, -0.1) is 10.2 Å². The van der Waals surface area contributed by atoms with E-state index in [0.29, 0.717) is 6.04 Å². The van der Waals surface area contributed by atoms with E-state index in [1.54, 1.807) is 11.8 Å². The molecule has 1 N–H and O–H groups in total. The Morgan fingerprint density at radius 3 is 2.69 bits per heavy atom. The van der Waals surface area contributed by atoms with Crippen molar-refractivity contribution in [1.29, 1.82) is 0 Å². The van der Waals surface area contributed by atoms with Crippen molar-refractivity contribution in [2.24, 2.45) is 0 Å². The molecule has 1 aliphatic carbocycles. The minimum Gasteiger partial charge on any atom is -0.452 e. The lowest BCUT2D eigenvalue weighted by Crippen LogP contribution is -2.38. The van der Waals surface area contributed by atoms with Crippen LogP contribution < -0.4 is 5.32 Å². The lowest BCUT2D eigenvalue weighted by molar-refractivity contribution is -0.156. The fourth-order valence-corrected chi connectivity index (χ4v) is 4.96. The van der Waals surface area contributed by atoms with Crippen molar-refractivity contribution >= 4 is 40.1 Å². The van der Waals surface area contributed by atoms with Crippen LogP contribution in [0.1, 0.15) is 51.9 Å². The van der Waals surface area contributed by atoms with Gasteiger partial charge >= 0.3 is 5.97 Å². The zero-order valence-corrected chi connectivity index (χ0v) is 16.7. The monoisotopic (exact) mass is 398 g/mol. The first kappa shape index (κ1) is 19.4. The summed E-state index contributed by atoms with van der Waals surface area (Å²) >= 11 is 2.76.